The lowest BCUT2D eigenvalue weighted by atomic mass is 9.83. The fourth-order valence-electron chi connectivity index (χ4n) is 3.65. The standard InChI is InChI=1S/C22H25Cl2NO2/c1-3-22(4-2)14-19(16-7-5-6-8-20(16)27-22)25-21(26)12-10-15-9-11-17(23)18(24)13-15/h5-9,11,13,19H,3-4,10,12,14H2,1-2H3,(H,25,26)/t19-/m1/s1. The van der Waals surface area contributed by atoms with Gasteiger partial charge in [0.1, 0.15) is 11.4 Å². The summed E-state index contributed by atoms with van der Waals surface area (Å²) in [6.45, 7) is 4.28. The molecule has 2 aromatic rings. The number of halogens is 2. The molecule has 5 heteroatoms. The van der Waals surface area contributed by atoms with Crippen LogP contribution in [-0.4, -0.2) is 11.5 Å². The Kier molecular flexibility index (Phi) is 6.33. The van der Waals surface area contributed by atoms with Crippen molar-refractivity contribution < 1.29 is 9.53 Å². The highest BCUT2D eigenvalue weighted by Crippen LogP contribution is 2.42. The van der Waals surface area contributed by atoms with E-state index in [0.29, 0.717) is 22.9 Å². The zero-order valence-corrected chi connectivity index (χ0v) is 17.2. The third-order valence-electron chi connectivity index (χ3n) is 5.45. The van der Waals surface area contributed by atoms with E-state index in [1.807, 2.05) is 36.4 Å². The van der Waals surface area contributed by atoms with Crippen molar-refractivity contribution in [2.45, 2.75) is 57.6 Å². The van der Waals surface area contributed by atoms with Gasteiger partial charge in [-0.3, -0.25) is 4.79 Å². The molecule has 0 saturated heterocycles. The van der Waals surface area contributed by atoms with Crippen LogP contribution in [0.5, 0.6) is 5.75 Å². The fourth-order valence-corrected chi connectivity index (χ4v) is 3.97. The van der Waals surface area contributed by atoms with Gasteiger partial charge in [-0.2, -0.15) is 0 Å². The van der Waals surface area contributed by atoms with Crippen molar-refractivity contribution in [2.24, 2.45) is 0 Å². The number of carbonyl (C=O) groups excluding carboxylic acids is 1. The average Bonchev–Trinajstić information content (AvgIpc) is 2.68. The minimum absolute atomic E-state index is 0.0313. The lowest BCUT2D eigenvalue weighted by molar-refractivity contribution is -0.122. The first kappa shape index (κ1) is 20.0. The van der Waals surface area contributed by atoms with Crippen molar-refractivity contribution >= 4 is 29.1 Å². The van der Waals surface area contributed by atoms with Gasteiger partial charge in [0.05, 0.1) is 16.1 Å². The van der Waals surface area contributed by atoms with E-state index in [4.69, 9.17) is 27.9 Å². The predicted molar refractivity (Wildman–Crippen MR) is 111 cm³/mol. The molecule has 1 heterocycles. The van der Waals surface area contributed by atoms with Gasteiger partial charge in [0.15, 0.2) is 0 Å². The summed E-state index contributed by atoms with van der Waals surface area (Å²) in [4.78, 5) is 12.6. The number of amides is 1. The third kappa shape index (κ3) is 4.59. The van der Waals surface area contributed by atoms with E-state index in [-0.39, 0.29) is 17.6 Å². The lowest BCUT2D eigenvalue weighted by Crippen LogP contribution is -2.44. The molecule has 1 aliphatic rings. The maximum absolute atomic E-state index is 12.6. The van der Waals surface area contributed by atoms with Crippen molar-refractivity contribution in [1.82, 2.24) is 5.32 Å². The Morgan fingerprint density at radius 2 is 1.89 bits per heavy atom. The molecule has 0 fully saturated rings. The Hall–Kier alpha value is -1.71. The molecule has 0 radical (unpaired) electrons. The number of benzene rings is 2. The fraction of sp³-hybridized carbons (Fsp3) is 0.409. The van der Waals surface area contributed by atoms with Crippen LogP contribution >= 0.6 is 23.2 Å². The maximum Gasteiger partial charge on any atom is 0.220 e. The first-order chi connectivity index (χ1) is 13.0. The molecule has 3 nitrogen and oxygen atoms in total. The molecule has 0 spiro atoms. The quantitative estimate of drug-likeness (QED) is 0.627. The minimum atomic E-state index is -0.226. The number of para-hydroxylation sites is 1. The van der Waals surface area contributed by atoms with Crippen LogP contribution in [0, 0.1) is 0 Å². The normalized spacial score (nSPS) is 17.7. The second-order valence-corrected chi connectivity index (χ2v) is 7.92. The number of rotatable bonds is 6. The summed E-state index contributed by atoms with van der Waals surface area (Å²) >= 11 is 12.0. The van der Waals surface area contributed by atoms with Crippen LogP contribution in [0.4, 0.5) is 0 Å². The molecular formula is C22H25Cl2NO2. The maximum atomic E-state index is 12.6. The monoisotopic (exact) mass is 405 g/mol. The molecule has 3 rings (SSSR count). The van der Waals surface area contributed by atoms with Crippen LogP contribution in [0.15, 0.2) is 42.5 Å². The summed E-state index contributed by atoms with van der Waals surface area (Å²) in [6, 6.07) is 13.5. The molecule has 144 valence electrons. The van der Waals surface area contributed by atoms with Gasteiger partial charge in [-0.25, -0.2) is 0 Å². The van der Waals surface area contributed by atoms with Crippen molar-refractivity contribution in [2.75, 3.05) is 0 Å². The van der Waals surface area contributed by atoms with Crippen molar-refractivity contribution in [3.8, 4) is 5.75 Å². The van der Waals surface area contributed by atoms with Gasteiger partial charge in [0, 0.05) is 18.4 Å². The smallest absolute Gasteiger partial charge is 0.220 e. The van der Waals surface area contributed by atoms with Crippen molar-refractivity contribution in [1.29, 1.82) is 0 Å². The van der Waals surface area contributed by atoms with Crippen LogP contribution < -0.4 is 10.1 Å². The highest BCUT2D eigenvalue weighted by atomic mass is 35.5. The molecule has 0 bridgehead atoms. The summed E-state index contributed by atoms with van der Waals surface area (Å²) in [7, 11) is 0. The van der Waals surface area contributed by atoms with E-state index in [0.717, 1.165) is 36.1 Å². The molecule has 1 amide bonds. The van der Waals surface area contributed by atoms with Crippen molar-refractivity contribution in [3.05, 3.63) is 63.6 Å². The molecule has 0 aromatic heterocycles. The molecule has 1 atom stereocenters. The summed E-state index contributed by atoms with van der Waals surface area (Å²) in [5, 5.41) is 4.26. The number of hydrogen-bond acceptors (Lipinski definition) is 2. The minimum Gasteiger partial charge on any atom is -0.487 e. The molecule has 27 heavy (non-hydrogen) atoms. The zero-order chi connectivity index (χ0) is 19.4. The third-order valence-corrected chi connectivity index (χ3v) is 6.18. The zero-order valence-electron chi connectivity index (χ0n) is 15.7. The van der Waals surface area contributed by atoms with Gasteiger partial charge in [0.25, 0.3) is 0 Å². The Balaban J connectivity index is 1.69. The summed E-state index contributed by atoms with van der Waals surface area (Å²) in [5.41, 5.74) is 1.83. The Labute approximate surface area is 171 Å². The van der Waals surface area contributed by atoms with Crippen LogP contribution in [0.25, 0.3) is 0 Å². The summed E-state index contributed by atoms with van der Waals surface area (Å²) in [5.74, 6) is 0.908. The lowest BCUT2D eigenvalue weighted by Gasteiger charge is -2.41. The Morgan fingerprint density at radius 3 is 2.59 bits per heavy atom. The van der Waals surface area contributed by atoms with Gasteiger partial charge < -0.3 is 10.1 Å². The van der Waals surface area contributed by atoms with E-state index >= 15 is 0 Å². The van der Waals surface area contributed by atoms with Crippen LogP contribution in [0.3, 0.4) is 0 Å². The first-order valence-electron chi connectivity index (χ1n) is 9.47. The van der Waals surface area contributed by atoms with E-state index < -0.39 is 0 Å². The van der Waals surface area contributed by atoms with E-state index in [9.17, 15) is 4.79 Å². The molecule has 1 N–H and O–H groups in total. The van der Waals surface area contributed by atoms with Crippen LogP contribution in [0.2, 0.25) is 10.0 Å². The number of aryl methyl sites for hydroxylation is 1. The van der Waals surface area contributed by atoms with E-state index in [2.05, 4.69) is 19.2 Å². The Bertz CT molecular complexity index is 818. The molecular weight excluding hydrogens is 381 g/mol. The predicted octanol–water partition coefficient (Wildman–Crippen LogP) is 6.12. The largest absolute Gasteiger partial charge is 0.487 e. The second-order valence-electron chi connectivity index (χ2n) is 7.10. The number of hydrogen-bond donors (Lipinski definition) is 1. The van der Waals surface area contributed by atoms with Gasteiger partial charge in [-0.1, -0.05) is 61.3 Å². The van der Waals surface area contributed by atoms with E-state index in [1.165, 1.54) is 0 Å². The van der Waals surface area contributed by atoms with Gasteiger partial charge >= 0.3 is 0 Å². The number of carbonyl (C=O) groups is 1. The van der Waals surface area contributed by atoms with Gasteiger partial charge in [-0.05, 0) is 43.0 Å². The van der Waals surface area contributed by atoms with Gasteiger partial charge in [0.2, 0.25) is 5.91 Å². The molecule has 0 aliphatic carbocycles. The van der Waals surface area contributed by atoms with Crippen molar-refractivity contribution in [3.63, 3.8) is 0 Å². The molecule has 0 unspecified atom stereocenters. The average molecular weight is 406 g/mol. The molecule has 2 aromatic carbocycles. The Morgan fingerprint density at radius 1 is 1.15 bits per heavy atom. The number of ether oxygens (including phenoxy) is 1. The van der Waals surface area contributed by atoms with Crippen LogP contribution in [0.1, 0.15) is 56.7 Å². The SMILES string of the molecule is CCC1(CC)C[C@@H](NC(=O)CCc2ccc(Cl)c(Cl)c2)c2ccccc2O1. The highest BCUT2D eigenvalue weighted by molar-refractivity contribution is 6.42. The topological polar surface area (TPSA) is 38.3 Å². The number of fused-ring (bicyclic) bond motifs is 1. The van der Waals surface area contributed by atoms with Gasteiger partial charge in [-0.15, -0.1) is 0 Å². The summed E-state index contributed by atoms with van der Waals surface area (Å²) < 4.78 is 6.30. The van der Waals surface area contributed by atoms with Crippen LogP contribution in [-0.2, 0) is 11.2 Å². The van der Waals surface area contributed by atoms with E-state index in [1.54, 1.807) is 6.07 Å². The number of nitrogens with one attached hydrogen (secondary N) is 1. The second kappa shape index (κ2) is 8.53. The summed E-state index contributed by atoms with van der Waals surface area (Å²) in [6.07, 6.45) is 3.64. The molecule has 1 aliphatic heterocycles. The highest BCUT2D eigenvalue weighted by Gasteiger charge is 2.38. The molecule has 0 saturated carbocycles. The first-order valence-corrected chi connectivity index (χ1v) is 10.2.